The summed E-state index contributed by atoms with van der Waals surface area (Å²) in [4.78, 5) is 13.2. The molecule has 1 N–H and O–H groups in total. The SMILES string of the molecule is CC(C)(C)c1cc(NC(=O)c2ccccc2OCc2ccc(F)cc2)n([C@H]2CCS(=O)(=O)C2)n1. The van der Waals surface area contributed by atoms with Crippen molar-refractivity contribution in [1.29, 1.82) is 0 Å². The second kappa shape index (κ2) is 9.21. The molecule has 0 unspecified atom stereocenters. The van der Waals surface area contributed by atoms with Gasteiger partial charge in [-0.1, -0.05) is 45.0 Å². The van der Waals surface area contributed by atoms with E-state index in [0.29, 0.717) is 23.6 Å². The molecule has 3 aromatic rings. The zero-order chi connectivity index (χ0) is 24.5. The molecule has 1 aliphatic rings. The number of para-hydroxylation sites is 1. The maximum Gasteiger partial charge on any atom is 0.260 e. The predicted molar refractivity (Wildman–Crippen MR) is 128 cm³/mol. The molecule has 0 saturated carbocycles. The molecular formula is C25H28FN3O4S. The van der Waals surface area contributed by atoms with E-state index in [1.165, 1.54) is 12.1 Å². The lowest BCUT2D eigenvalue weighted by atomic mass is 9.92. The number of aromatic nitrogens is 2. The number of ether oxygens (including phenoxy) is 1. The number of hydrogen-bond donors (Lipinski definition) is 1. The van der Waals surface area contributed by atoms with E-state index in [1.54, 1.807) is 47.1 Å². The lowest BCUT2D eigenvalue weighted by Gasteiger charge is -2.16. The number of nitrogens with zero attached hydrogens (tertiary/aromatic N) is 2. The maximum absolute atomic E-state index is 13.2. The van der Waals surface area contributed by atoms with Gasteiger partial charge in [0.05, 0.1) is 28.8 Å². The van der Waals surface area contributed by atoms with Gasteiger partial charge < -0.3 is 10.1 Å². The summed E-state index contributed by atoms with van der Waals surface area (Å²) in [6.45, 7) is 6.20. The first-order valence-corrected chi connectivity index (χ1v) is 12.9. The summed E-state index contributed by atoms with van der Waals surface area (Å²) >= 11 is 0. The van der Waals surface area contributed by atoms with Crippen LogP contribution in [0.2, 0.25) is 0 Å². The first-order valence-electron chi connectivity index (χ1n) is 11.1. The third-order valence-electron chi connectivity index (χ3n) is 5.74. The Kier molecular flexibility index (Phi) is 6.49. The van der Waals surface area contributed by atoms with Crippen molar-refractivity contribution in [3.05, 3.63) is 77.2 Å². The largest absolute Gasteiger partial charge is 0.488 e. The molecule has 2 aromatic carbocycles. The Morgan fingerprint density at radius 2 is 1.88 bits per heavy atom. The van der Waals surface area contributed by atoms with Gasteiger partial charge in [0.2, 0.25) is 0 Å². The summed E-state index contributed by atoms with van der Waals surface area (Å²) in [6, 6.07) is 14.3. The molecule has 1 amide bonds. The Morgan fingerprint density at radius 1 is 1.18 bits per heavy atom. The van der Waals surface area contributed by atoms with E-state index in [9.17, 15) is 17.6 Å². The van der Waals surface area contributed by atoms with Crippen molar-refractivity contribution in [3.8, 4) is 5.75 Å². The van der Waals surface area contributed by atoms with Crippen LogP contribution in [0.25, 0.3) is 0 Å². The molecule has 34 heavy (non-hydrogen) atoms. The Labute approximate surface area is 198 Å². The average molecular weight is 486 g/mol. The number of amides is 1. The van der Waals surface area contributed by atoms with Crippen LogP contribution in [0.1, 0.15) is 54.8 Å². The minimum Gasteiger partial charge on any atom is -0.488 e. The fraction of sp³-hybridized carbons (Fsp3) is 0.360. The fourth-order valence-electron chi connectivity index (χ4n) is 3.81. The van der Waals surface area contributed by atoms with E-state index in [4.69, 9.17) is 4.74 Å². The molecular weight excluding hydrogens is 457 g/mol. The van der Waals surface area contributed by atoms with E-state index in [1.807, 2.05) is 20.8 Å². The molecule has 7 nitrogen and oxygen atoms in total. The molecule has 1 fully saturated rings. The van der Waals surface area contributed by atoms with E-state index in [-0.39, 0.29) is 35.4 Å². The monoisotopic (exact) mass is 485 g/mol. The molecule has 1 aliphatic heterocycles. The maximum atomic E-state index is 13.2. The van der Waals surface area contributed by atoms with Gasteiger partial charge in [-0.15, -0.1) is 0 Å². The number of hydrogen-bond acceptors (Lipinski definition) is 5. The molecule has 9 heteroatoms. The van der Waals surface area contributed by atoms with Gasteiger partial charge in [-0.25, -0.2) is 17.5 Å². The average Bonchev–Trinajstić information content (AvgIpc) is 3.36. The van der Waals surface area contributed by atoms with Gasteiger partial charge in [-0.3, -0.25) is 4.79 Å². The van der Waals surface area contributed by atoms with Crippen LogP contribution >= 0.6 is 0 Å². The molecule has 180 valence electrons. The van der Waals surface area contributed by atoms with Crippen LogP contribution in [-0.4, -0.2) is 35.6 Å². The minimum atomic E-state index is -3.13. The van der Waals surface area contributed by atoms with Gasteiger partial charge in [-0.05, 0) is 36.2 Å². The second-order valence-corrected chi connectivity index (χ2v) is 11.8. The highest BCUT2D eigenvalue weighted by molar-refractivity contribution is 7.91. The van der Waals surface area contributed by atoms with Crippen molar-refractivity contribution in [1.82, 2.24) is 9.78 Å². The standard InChI is InChI=1S/C25H28FN3O4S/c1-25(2,3)22-14-23(29(28-22)19-12-13-34(31,32)16-19)27-24(30)20-6-4-5-7-21(20)33-15-17-8-10-18(26)11-9-17/h4-11,14,19H,12-13,15-16H2,1-3H3,(H,27,30)/t19-/m0/s1. The Bertz CT molecular complexity index is 1290. The van der Waals surface area contributed by atoms with Crippen molar-refractivity contribution in [3.63, 3.8) is 0 Å². The molecule has 0 bridgehead atoms. The van der Waals surface area contributed by atoms with Crippen molar-refractivity contribution >= 4 is 21.6 Å². The van der Waals surface area contributed by atoms with Gasteiger partial charge >= 0.3 is 0 Å². The van der Waals surface area contributed by atoms with Crippen LogP contribution < -0.4 is 10.1 Å². The second-order valence-electron chi connectivity index (χ2n) is 9.53. The molecule has 0 radical (unpaired) electrons. The number of anilines is 1. The number of halogens is 1. The molecule has 4 rings (SSSR count). The van der Waals surface area contributed by atoms with Crippen molar-refractivity contribution in [2.24, 2.45) is 0 Å². The highest BCUT2D eigenvalue weighted by Gasteiger charge is 2.33. The Balaban J connectivity index is 1.58. The molecule has 0 aliphatic carbocycles. The third kappa shape index (κ3) is 5.47. The number of benzene rings is 2. The summed E-state index contributed by atoms with van der Waals surface area (Å²) in [6.07, 6.45) is 0.452. The summed E-state index contributed by atoms with van der Waals surface area (Å²) in [5.41, 5.74) is 1.58. The van der Waals surface area contributed by atoms with E-state index in [0.717, 1.165) is 11.3 Å². The molecule has 1 saturated heterocycles. The van der Waals surface area contributed by atoms with Crippen LogP contribution in [0, 0.1) is 5.82 Å². The first-order chi connectivity index (χ1) is 16.0. The number of sulfone groups is 1. The van der Waals surface area contributed by atoms with Crippen LogP contribution in [-0.2, 0) is 21.9 Å². The van der Waals surface area contributed by atoms with Crippen molar-refractivity contribution in [2.75, 3.05) is 16.8 Å². The minimum absolute atomic E-state index is 0.00149. The summed E-state index contributed by atoms with van der Waals surface area (Å²) in [5, 5.41) is 7.56. The smallest absolute Gasteiger partial charge is 0.260 e. The third-order valence-corrected chi connectivity index (χ3v) is 7.49. The number of carbonyl (C=O) groups is 1. The molecule has 1 atom stereocenters. The van der Waals surface area contributed by atoms with Crippen molar-refractivity contribution in [2.45, 2.75) is 45.3 Å². The number of carbonyl (C=O) groups excluding carboxylic acids is 1. The molecule has 0 spiro atoms. The van der Waals surface area contributed by atoms with Gasteiger partial charge in [0.25, 0.3) is 5.91 Å². The van der Waals surface area contributed by atoms with E-state index in [2.05, 4.69) is 10.4 Å². The van der Waals surface area contributed by atoms with Crippen LogP contribution in [0.15, 0.2) is 54.6 Å². The lowest BCUT2D eigenvalue weighted by Crippen LogP contribution is -2.20. The fourth-order valence-corrected chi connectivity index (χ4v) is 5.50. The Hall–Kier alpha value is -3.20. The van der Waals surface area contributed by atoms with Crippen molar-refractivity contribution < 1.29 is 22.3 Å². The highest BCUT2D eigenvalue weighted by atomic mass is 32.2. The van der Waals surface area contributed by atoms with Crippen LogP contribution in [0.5, 0.6) is 5.75 Å². The zero-order valence-electron chi connectivity index (χ0n) is 19.4. The highest BCUT2D eigenvalue weighted by Crippen LogP contribution is 2.31. The normalized spacial score (nSPS) is 17.5. The van der Waals surface area contributed by atoms with Gasteiger partial charge in [0, 0.05) is 11.5 Å². The van der Waals surface area contributed by atoms with Gasteiger partial charge in [0.1, 0.15) is 24.0 Å². The quantitative estimate of drug-likeness (QED) is 0.555. The van der Waals surface area contributed by atoms with Gasteiger partial charge in [-0.2, -0.15) is 5.10 Å². The summed E-state index contributed by atoms with van der Waals surface area (Å²) < 4.78 is 44.8. The number of nitrogens with one attached hydrogen (secondary N) is 1. The zero-order valence-corrected chi connectivity index (χ0v) is 20.2. The Morgan fingerprint density at radius 3 is 2.53 bits per heavy atom. The van der Waals surface area contributed by atoms with E-state index < -0.39 is 15.7 Å². The first kappa shape index (κ1) is 23.9. The topological polar surface area (TPSA) is 90.3 Å². The van der Waals surface area contributed by atoms with E-state index >= 15 is 0 Å². The molecule has 2 heterocycles. The summed E-state index contributed by atoms with van der Waals surface area (Å²) in [7, 11) is -3.13. The number of rotatable bonds is 6. The lowest BCUT2D eigenvalue weighted by molar-refractivity contribution is 0.102. The van der Waals surface area contributed by atoms with Gasteiger partial charge in [0.15, 0.2) is 9.84 Å². The van der Waals surface area contributed by atoms with Crippen LogP contribution in [0.3, 0.4) is 0 Å². The predicted octanol–water partition coefficient (Wildman–Crippen LogP) is 4.51. The molecule has 1 aromatic heterocycles. The summed E-state index contributed by atoms with van der Waals surface area (Å²) in [5.74, 6) is 0.219. The van der Waals surface area contributed by atoms with Crippen LogP contribution in [0.4, 0.5) is 10.2 Å².